The van der Waals surface area contributed by atoms with Crippen molar-refractivity contribution in [1.29, 1.82) is 0 Å². The van der Waals surface area contributed by atoms with E-state index in [1.165, 1.54) is 24.2 Å². The van der Waals surface area contributed by atoms with Crippen molar-refractivity contribution in [3.63, 3.8) is 0 Å². The molecule has 0 saturated carbocycles. The second kappa shape index (κ2) is 6.02. The van der Waals surface area contributed by atoms with Crippen molar-refractivity contribution in [1.82, 2.24) is 24.9 Å². The van der Waals surface area contributed by atoms with Gasteiger partial charge in [0.15, 0.2) is 0 Å². The Hall–Kier alpha value is -1.62. The lowest BCUT2D eigenvalue weighted by atomic mass is 9.93. The number of H-pyrrole nitrogens is 1. The van der Waals surface area contributed by atoms with Crippen LogP contribution in [0.5, 0.6) is 0 Å². The Labute approximate surface area is 126 Å². The molecule has 0 spiro atoms. The molecule has 3 heterocycles. The zero-order chi connectivity index (χ0) is 14.8. The fourth-order valence-corrected chi connectivity index (χ4v) is 3.37. The summed E-state index contributed by atoms with van der Waals surface area (Å²) in [5.41, 5.74) is 3.66. The zero-order valence-electron chi connectivity index (χ0n) is 13.2. The molecule has 114 valence electrons. The largest absolute Gasteiger partial charge is 0.299 e. The predicted octanol–water partition coefficient (Wildman–Crippen LogP) is 2.49. The van der Waals surface area contributed by atoms with Crippen LogP contribution in [0, 0.1) is 13.8 Å². The van der Waals surface area contributed by atoms with Crippen LogP contribution in [0.3, 0.4) is 0 Å². The van der Waals surface area contributed by atoms with Crippen LogP contribution in [0.2, 0.25) is 0 Å². The Bertz CT molecular complexity index is 564. The summed E-state index contributed by atoms with van der Waals surface area (Å²) < 4.78 is 2.14. The molecule has 0 radical (unpaired) electrons. The van der Waals surface area contributed by atoms with Gasteiger partial charge in [0.1, 0.15) is 0 Å². The highest BCUT2D eigenvalue weighted by molar-refractivity contribution is 5.08. The molecule has 0 aliphatic carbocycles. The maximum atomic E-state index is 4.58. The third-order valence-corrected chi connectivity index (χ3v) is 4.66. The number of aromatic amines is 1. The average molecular weight is 287 g/mol. The van der Waals surface area contributed by atoms with Gasteiger partial charge in [0.2, 0.25) is 0 Å². The van der Waals surface area contributed by atoms with E-state index >= 15 is 0 Å². The van der Waals surface area contributed by atoms with Crippen LogP contribution in [0.1, 0.15) is 42.8 Å². The Balaban J connectivity index is 1.55. The quantitative estimate of drug-likeness (QED) is 0.940. The number of nitrogens with one attached hydrogen (secondary N) is 1. The van der Waals surface area contributed by atoms with Gasteiger partial charge in [-0.2, -0.15) is 10.2 Å². The average Bonchev–Trinajstić information content (AvgIpc) is 3.10. The van der Waals surface area contributed by atoms with Gasteiger partial charge in [-0.1, -0.05) is 0 Å². The van der Waals surface area contributed by atoms with E-state index in [1.54, 1.807) is 0 Å². The second-order valence-corrected chi connectivity index (χ2v) is 6.28. The van der Waals surface area contributed by atoms with Crippen LogP contribution in [0.4, 0.5) is 0 Å². The number of aromatic nitrogens is 4. The second-order valence-electron chi connectivity index (χ2n) is 6.28. The first-order chi connectivity index (χ1) is 10.1. The predicted molar refractivity (Wildman–Crippen MR) is 83.3 cm³/mol. The smallest absolute Gasteiger partial charge is 0.0596 e. The van der Waals surface area contributed by atoms with Crippen LogP contribution < -0.4 is 0 Å². The number of likely N-dealkylation sites (tertiary alicyclic amines) is 1. The van der Waals surface area contributed by atoms with Crippen molar-refractivity contribution in [3.8, 4) is 0 Å². The molecule has 1 aliphatic rings. The van der Waals surface area contributed by atoms with Gasteiger partial charge in [0.25, 0.3) is 0 Å². The summed E-state index contributed by atoms with van der Waals surface area (Å²) in [5, 5.41) is 11.8. The monoisotopic (exact) mass is 287 g/mol. The highest BCUT2D eigenvalue weighted by Gasteiger charge is 2.24. The van der Waals surface area contributed by atoms with E-state index in [4.69, 9.17) is 0 Å². The molecule has 0 aromatic carbocycles. The summed E-state index contributed by atoms with van der Waals surface area (Å²) in [6.45, 7) is 9.80. The van der Waals surface area contributed by atoms with Crippen LogP contribution in [-0.4, -0.2) is 44.0 Å². The topological polar surface area (TPSA) is 49.7 Å². The molecule has 1 fully saturated rings. The van der Waals surface area contributed by atoms with Crippen LogP contribution in [0.15, 0.2) is 18.3 Å². The van der Waals surface area contributed by atoms with E-state index in [2.05, 4.69) is 57.8 Å². The maximum Gasteiger partial charge on any atom is 0.0596 e. The minimum Gasteiger partial charge on any atom is -0.299 e. The van der Waals surface area contributed by atoms with Gasteiger partial charge in [-0.05, 0) is 58.8 Å². The van der Waals surface area contributed by atoms with Gasteiger partial charge in [0, 0.05) is 29.5 Å². The first-order valence-corrected chi connectivity index (χ1v) is 7.88. The van der Waals surface area contributed by atoms with E-state index in [0.29, 0.717) is 12.0 Å². The standard InChI is InChI=1S/C16H25N5/c1-12-10-13(2)21(19-12)11-14(3)20-8-5-15(6-9-20)16-4-7-17-18-16/h4,7,10,14-15H,5-6,8-9,11H2,1-3H3,(H,17,18)/t14-/m1/s1. The van der Waals surface area contributed by atoms with E-state index in [-0.39, 0.29) is 0 Å². The maximum absolute atomic E-state index is 4.58. The molecule has 21 heavy (non-hydrogen) atoms. The molecule has 2 aromatic rings. The highest BCUT2D eigenvalue weighted by Crippen LogP contribution is 2.27. The van der Waals surface area contributed by atoms with Crippen molar-refractivity contribution in [2.24, 2.45) is 0 Å². The number of rotatable bonds is 4. The third kappa shape index (κ3) is 3.18. The van der Waals surface area contributed by atoms with Crippen LogP contribution in [-0.2, 0) is 6.54 Å². The lowest BCUT2D eigenvalue weighted by molar-refractivity contribution is 0.144. The fraction of sp³-hybridized carbons (Fsp3) is 0.625. The Morgan fingerprint density at radius 3 is 2.67 bits per heavy atom. The highest BCUT2D eigenvalue weighted by atomic mass is 15.3. The summed E-state index contributed by atoms with van der Waals surface area (Å²) in [5.74, 6) is 0.643. The number of nitrogens with zero attached hydrogens (tertiary/aromatic N) is 4. The molecular weight excluding hydrogens is 262 g/mol. The number of hydrogen-bond acceptors (Lipinski definition) is 3. The van der Waals surface area contributed by atoms with Crippen LogP contribution in [0.25, 0.3) is 0 Å². The molecule has 5 nitrogen and oxygen atoms in total. The van der Waals surface area contributed by atoms with E-state index in [0.717, 1.165) is 25.3 Å². The minimum absolute atomic E-state index is 0.533. The zero-order valence-corrected chi connectivity index (χ0v) is 13.2. The number of aryl methyl sites for hydroxylation is 2. The van der Waals surface area contributed by atoms with Gasteiger partial charge >= 0.3 is 0 Å². The van der Waals surface area contributed by atoms with E-state index < -0.39 is 0 Å². The van der Waals surface area contributed by atoms with E-state index in [1.807, 2.05) is 6.20 Å². The fourth-order valence-electron chi connectivity index (χ4n) is 3.37. The van der Waals surface area contributed by atoms with Gasteiger partial charge < -0.3 is 0 Å². The van der Waals surface area contributed by atoms with Crippen molar-refractivity contribution in [2.75, 3.05) is 13.1 Å². The normalized spacial score (nSPS) is 19.0. The molecule has 1 atom stereocenters. The molecular formula is C16H25N5. The van der Waals surface area contributed by atoms with Crippen molar-refractivity contribution >= 4 is 0 Å². The summed E-state index contributed by atoms with van der Waals surface area (Å²) in [6.07, 6.45) is 4.28. The first kappa shape index (κ1) is 14.3. The minimum atomic E-state index is 0.533. The molecule has 0 unspecified atom stereocenters. The molecule has 1 aliphatic heterocycles. The van der Waals surface area contributed by atoms with Crippen molar-refractivity contribution in [3.05, 3.63) is 35.4 Å². The molecule has 1 saturated heterocycles. The van der Waals surface area contributed by atoms with Crippen molar-refractivity contribution < 1.29 is 0 Å². The molecule has 2 aromatic heterocycles. The Morgan fingerprint density at radius 1 is 1.33 bits per heavy atom. The van der Waals surface area contributed by atoms with E-state index in [9.17, 15) is 0 Å². The molecule has 0 amide bonds. The van der Waals surface area contributed by atoms with Gasteiger partial charge in [-0.25, -0.2) is 0 Å². The lowest BCUT2D eigenvalue weighted by Crippen LogP contribution is -2.41. The van der Waals surface area contributed by atoms with Gasteiger partial charge in [-0.15, -0.1) is 0 Å². The SMILES string of the molecule is Cc1cc(C)n(C[C@@H](C)N2CCC(c3ccn[nH]3)CC2)n1. The van der Waals surface area contributed by atoms with Gasteiger partial charge in [-0.3, -0.25) is 14.7 Å². The number of hydrogen-bond donors (Lipinski definition) is 1. The summed E-state index contributed by atoms with van der Waals surface area (Å²) >= 11 is 0. The van der Waals surface area contributed by atoms with Gasteiger partial charge in [0.05, 0.1) is 12.2 Å². The van der Waals surface area contributed by atoms with Crippen LogP contribution >= 0.6 is 0 Å². The lowest BCUT2D eigenvalue weighted by Gasteiger charge is -2.35. The first-order valence-electron chi connectivity index (χ1n) is 7.88. The third-order valence-electron chi connectivity index (χ3n) is 4.66. The Kier molecular flexibility index (Phi) is 4.10. The summed E-state index contributed by atoms with van der Waals surface area (Å²) in [7, 11) is 0. The van der Waals surface area contributed by atoms with Crippen molar-refractivity contribution in [2.45, 2.75) is 52.1 Å². The Morgan fingerprint density at radius 2 is 2.10 bits per heavy atom. The summed E-state index contributed by atoms with van der Waals surface area (Å²) in [6, 6.07) is 4.79. The molecule has 5 heteroatoms. The summed E-state index contributed by atoms with van der Waals surface area (Å²) in [4.78, 5) is 2.59. The molecule has 0 bridgehead atoms. The molecule has 1 N–H and O–H groups in total. The molecule has 3 rings (SSSR count). The number of piperidine rings is 1.